The van der Waals surface area contributed by atoms with Gasteiger partial charge in [0, 0.05) is 0 Å². The molecule has 3 nitrogen and oxygen atoms in total. The van der Waals surface area contributed by atoms with Gasteiger partial charge in [0.1, 0.15) is 11.8 Å². The van der Waals surface area contributed by atoms with Crippen LogP contribution in [0.3, 0.4) is 0 Å². The minimum absolute atomic E-state index is 0.0826. The summed E-state index contributed by atoms with van der Waals surface area (Å²) in [5, 5.41) is 8.37. The molecule has 0 aliphatic carbocycles. The molecule has 1 rings (SSSR count). The molecule has 0 unspecified atom stereocenters. The van der Waals surface area contributed by atoms with Gasteiger partial charge in [-0.2, -0.15) is 5.26 Å². The van der Waals surface area contributed by atoms with Crippen LogP contribution in [0.5, 0.6) is 5.88 Å². The summed E-state index contributed by atoms with van der Waals surface area (Å²) < 4.78 is 39.0. The molecule has 0 radical (unpaired) electrons. The quantitative estimate of drug-likeness (QED) is 0.800. The average Bonchev–Trinajstić information content (AvgIpc) is 2.10. The van der Waals surface area contributed by atoms with Crippen LogP contribution >= 0.6 is 27.5 Å². The zero-order chi connectivity index (χ0) is 11.6. The lowest BCUT2D eigenvalue weighted by Crippen LogP contribution is -2.18. The lowest BCUT2D eigenvalue weighted by molar-refractivity contribution is -0.276. The second kappa shape index (κ2) is 4.24. The predicted molar refractivity (Wildman–Crippen MR) is 48.3 cm³/mol. The lowest BCUT2D eigenvalue weighted by atomic mass is 10.4. The molecule has 0 bridgehead atoms. The maximum absolute atomic E-state index is 11.9. The van der Waals surface area contributed by atoms with Gasteiger partial charge in [-0.25, -0.2) is 4.98 Å². The monoisotopic (exact) mass is 300 g/mol. The van der Waals surface area contributed by atoms with Crippen LogP contribution in [0.1, 0.15) is 5.69 Å². The Morgan fingerprint density at radius 3 is 2.60 bits per heavy atom. The Bertz CT molecular complexity index is 429. The molecule has 0 aliphatic heterocycles. The van der Waals surface area contributed by atoms with Gasteiger partial charge in [0.2, 0.25) is 5.88 Å². The van der Waals surface area contributed by atoms with Crippen LogP contribution < -0.4 is 4.74 Å². The molecule has 0 aromatic carbocycles. The van der Waals surface area contributed by atoms with Gasteiger partial charge in [-0.15, -0.1) is 13.2 Å². The van der Waals surface area contributed by atoms with Crippen molar-refractivity contribution >= 4 is 27.5 Å². The standard InChI is InChI=1S/C7HBrClF3N2O/c8-5-4(9)1-3(2-13)14-6(5)15-7(10,11)12/h1H. The molecule has 0 atom stereocenters. The second-order valence-electron chi connectivity index (χ2n) is 2.27. The highest BCUT2D eigenvalue weighted by Gasteiger charge is 2.33. The molecular formula is C7HBrClF3N2O. The highest BCUT2D eigenvalue weighted by molar-refractivity contribution is 9.10. The van der Waals surface area contributed by atoms with Crippen LogP contribution in [0.25, 0.3) is 0 Å². The van der Waals surface area contributed by atoms with E-state index in [1.807, 2.05) is 0 Å². The zero-order valence-electron chi connectivity index (χ0n) is 6.77. The lowest BCUT2D eigenvalue weighted by Gasteiger charge is -2.10. The number of rotatable bonds is 1. The Kier molecular flexibility index (Phi) is 3.42. The first-order chi connectivity index (χ1) is 6.83. The van der Waals surface area contributed by atoms with E-state index >= 15 is 0 Å². The van der Waals surface area contributed by atoms with E-state index in [1.165, 1.54) is 0 Å². The second-order valence-corrected chi connectivity index (χ2v) is 3.47. The molecule has 0 aliphatic rings. The predicted octanol–water partition coefficient (Wildman–Crippen LogP) is 3.27. The van der Waals surface area contributed by atoms with E-state index in [1.54, 1.807) is 6.07 Å². The van der Waals surface area contributed by atoms with Gasteiger partial charge in [-0.05, 0) is 22.0 Å². The fraction of sp³-hybridized carbons (Fsp3) is 0.143. The van der Waals surface area contributed by atoms with Gasteiger partial charge in [0.05, 0.1) is 9.50 Å². The third-order valence-corrected chi connectivity index (χ3v) is 2.50. The molecule has 8 heteroatoms. The maximum atomic E-state index is 11.9. The highest BCUT2D eigenvalue weighted by atomic mass is 79.9. The number of pyridine rings is 1. The topological polar surface area (TPSA) is 45.9 Å². The van der Waals surface area contributed by atoms with E-state index in [-0.39, 0.29) is 15.2 Å². The number of ether oxygens (including phenoxy) is 1. The summed E-state index contributed by atoms with van der Waals surface area (Å²) in [5.41, 5.74) is -0.262. The smallest absolute Gasteiger partial charge is 0.387 e. The molecule has 0 fully saturated rings. The summed E-state index contributed by atoms with van der Waals surface area (Å²) in [4.78, 5) is 3.30. The molecule has 0 N–H and O–H groups in total. The van der Waals surface area contributed by atoms with E-state index in [9.17, 15) is 13.2 Å². The molecule has 1 heterocycles. The van der Waals surface area contributed by atoms with E-state index in [0.29, 0.717) is 0 Å². The number of nitrogens with zero attached hydrogens (tertiary/aromatic N) is 2. The van der Waals surface area contributed by atoms with Gasteiger partial charge in [0.15, 0.2) is 0 Å². The molecule has 0 amide bonds. The molecule has 0 spiro atoms. The van der Waals surface area contributed by atoms with Crippen molar-refractivity contribution in [2.24, 2.45) is 0 Å². The van der Waals surface area contributed by atoms with Crippen molar-refractivity contribution in [1.82, 2.24) is 4.98 Å². The maximum Gasteiger partial charge on any atom is 0.574 e. The third-order valence-electron chi connectivity index (χ3n) is 1.21. The molecule has 80 valence electrons. The van der Waals surface area contributed by atoms with Crippen LogP contribution in [0.2, 0.25) is 5.02 Å². The van der Waals surface area contributed by atoms with Gasteiger partial charge in [0.25, 0.3) is 0 Å². The minimum atomic E-state index is -4.88. The SMILES string of the molecule is N#Cc1cc(Cl)c(Br)c(OC(F)(F)F)n1. The van der Waals surface area contributed by atoms with Crippen molar-refractivity contribution in [2.45, 2.75) is 6.36 Å². The van der Waals surface area contributed by atoms with Crippen molar-refractivity contribution in [3.05, 3.63) is 21.3 Å². The summed E-state index contributed by atoms with van der Waals surface area (Å²) in [6.07, 6.45) is -4.88. The number of hydrogen-bond acceptors (Lipinski definition) is 3. The Balaban J connectivity index is 3.18. The average molecular weight is 301 g/mol. The van der Waals surface area contributed by atoms with Crippen molar-refractivity contribution < 1.29 is 17.9 Å². The third kappa shape index (κ3) is 3.25. The Morgan fingerprint density at radius 2 is 2.13 bits per heavy atom. The summed E-state index contributed by atoms with van der Waals surface area (Å²) in [6.45, 7) is 0. The summed E-state index contributed by atoms with van der Waals surface area (Å²) in [6, 6.07) is 2.68. The van der Waals surface area contributed by atoms with Crippen molar-refractivity contribution in [3.63, 3.8) is 0 Å². The first-order valence-corrected chi connectivity index (χ1v) is 4.52. The van der Waals surface area contributed by atoms with Gasteiger partial charge >= 0.3 is 6.36 Å². The van der Waals surface area contributed by atoms with E-state index < -0.39 is 12.2 Å². The number of nitriles is 1. The van der Waals surface area contributed by atoms with Crippen molar-refractivity contribution in [3.8, 4) is 11.9 Å². The Labute approximate surface area is 95.6 Å². The van der Waals surface area contributed by atoms with Crippen LogP contribution in [0.15, 0.2) is 10.5 Å². The molecule has 1 aromatic heterocycles. The van der Waals surface area contributed by atoms with Crippen LogP contribution in [-0.4, -0.2) is 11.3 Å². The van der Waals surface area contributed by atoms with E-state index in [0.717, 1.165) is 6.07 Å². The molecule has 1 aromatic rings. The largest absolute Gasteiger partial charge is 0.574 e. The fourth-order valence-electron chi connectivity index (χ4n) is 0.711. The summed E-state index contributed by atoms with van der Waals surface area (Å²) in [5.74, 6) is -0.786. The van der Waals surface area contributed by atoms with Crippen molar-refractivity contribution in [2.75, 3.05) is 0 Å². The van der Waals surface area contributed by atoms with Crippen molar-refractivity contribution in [1.29, 1.82) is 5.26 Å². The molecule has 15 heavy (non-hydrogen) atoms. The number of hydrogen-bond donors (Lipinski definition) is 0. The summed E-state index contributed by atoms with van der Waals surface area (Å²) >= 11 is 8.31. The van der Waals surface area contributed by atoms with Gasteiger partial charge in [-0.1, -0.05) is 11.6 Å². The van der Waals surface area contributed by atoms with Crippen LogP contribution in [0.4, 0.5) is 13.2 Å². The number of alkyl halides is 3. The van der Waals surface area contributed by atoms with E-state index in [2.05, 4.69) is 25.7 Å². The molecule has 0 saturated carbocycles. The highest BCUT2D eigenvalue weighted by Crippen LogP contribution is 2.34. The first kappa shape index (κ1) is 12.1. The zero-order valence-corrected chi connectivity index (χ0v) is 9.11. The molecular weight excluding hydrogens is 300 g/mol. The first-order valence-electron chi connectivity index (χ1n) is 3.35. The molecule has 0 saturated heterocycles. The fourth-order valence-corrected chi connectivity index (χ4v) is 1.18. The van der Waals surface area contributed by atoms with Crippen LogP contribution in [-0.2, 0) is 0 Å². The Hall–Kier alpha value is -1.00. The summed E-state index contributed by atoms with van der Waals surface area (Å²) in [7, 11) is 0. The van der Waals surface area contributed by atoms with Crippen LogP contribution in [0, 0.1) is 11.3 Å². The normalized spacial score (nSPS) is 10.9. The van der Waals surface area contributed by atoms with E-state index in [4.69, 9.17) is 16.9 Å². The Morgan fingerprint density at radius 1 is 1.53 bits per heavy atom. The van der Waals surface area contributed by atoms with Gasteiger partial charge < -0.3 is 4.74 Å². The number of halogens is 5. The number of aromatic nitrogens is 1. The minimum Gasteiger partial charge on any atom is -0.387 e. The van der Waals surface area contributed by atoms with Gasteiger partial charge in [-0.3, -0.25) is 0 Å².